The normalized spacial score (nSPS) is 11.2. The van der Waals surface area contributed by atoms with Crippen molar-refractivity contribution in [2.45, 2.75) is 26.2 Å². The lowest BCUT2D eigenvalue weighted by Crippen LogP contribution is -2.14. The average molecular weight is 269 g/mol. The summed E-state index contributed by atoms with van der Waals surface area (Å²) in [6, 6.07) is 3.46. The van der Waals surface area contributed by atoms with Crippen molar-refractivity contribution in [3.05, 3.63) is 33.3 Å². The van der Waals surface area contributed by atoms with Crippen LogP contribution in [0, 0.1) is 0 Å². The first-order valence-corrected chi connectivity index (χ1v) is 5.44. The van der Waals surface area contributed by atoms with Crippen molar-refractivity contribution in [1.82, 2.24) is 0 Å². The highest BCUT2D eigenvalue weighted by Crippen LogP contribution is 2.29. The smallest absolute Gasteiger partial charge is 0.151 e. The van der Waals surface area contributed by atoms with E-state index in [1.807, 2.05) is 20.8 Å². The lowest BCUT2D eigenvalue weighted by atomic mass is 9.83. The monoisotopic (exact) mass is 268 g/mol. The molecule has 1 rings (SSSR count). The van der Waals surface area contributed by atoms with Gasteiger partial charge in [0.15, 0.2) is 6.29 Å². The second kappa shape index (κ2) is 4.27. The van der Waals surface area contributed by atoms with Crippen molar-refractivity contribution in [2.24, 2.45) is 0 Å². The van der Waals surface area contributed by atoms with E-state index in [0.717, 1.165) is 18.1 Å². The number of hydrogen-bond acceptors (Lipinski definition) is 2. The molecule has 0 atom stereocenters. The van der Waals surface area contributed by atoms with Crippen LogP contribution < -0.4 is 0 Å². The highest BCUT2D eigenvalue weighted by molar-refractivity contribution is 9.10. The molecular weight excluding hydrogens is 256 g/mol. The van der Waals surface area contributed by atoms with Crippen LogP contribution in [-0.4, -0.2) is 12.6 Å². The second-order valence-electron chi connectivity index (χ2n) is 4.45. The van der Waals surface area contributed by atoms with Crippen LogP contribution in [0.2, 0.25) is 0 Å². The molecule has 0 radical (unpaired) electrons. The summed E-state index contributed by atoms with van der Waals surface area (Å²) in [6.45, 7) is 6.04. The molecule has 1 aromatic rings. The van der Waals surface area contributed by atoms with E-state index in [1.165, 1.54) is 0 Å². The van der Waals surface area contributed by atoms with E-state index in [-0.39, 0.29) is 5.41 Å². The van der Waals surface area contributed by atoms with Crippen LogP contribution >= 0.6 is 15.9 Å². The van der Waals surface area contributed by atoms with Gasteiger partial charge in [0.05, 0.1) is 0 Å². The minimum absolute atomic E-state index is 0.144. The topological polar surface area (TPSA) is 34.1 Å². The molecule has 0 bridgehead atoms. The molecule has 0 fully saturated rings. The van der Waals surface area contributed by atoms with E-state index in [1.54, 1.807) is 12.1 Å². The summed E-state index contributed by atoms with van der Waals surface area (Å²) in [4.78, 5) is 21.7. The highest BCUT2D eigenvalue weighted by atomic mass is 79.9. The standard InChI is InChI=1S/C12H13BrO2/c1-12(2,3)10-4-9(7-15)11(13)5-8(10)6-14/h4-7H,1-3H3. The Bertz CT molecular complexity index is 403. The van der Waals surface area contributed by atoms with Gasteiger partial charge in [0.1, 0.15) is 6.29 Å². The van der Waals surface area contributed by atoms with Gasteiger partial charge in [-0.05, 0) is 23.1 Å². The lowest BCUT2D eigenvalue weighted by molar-refractivity contribution is 0.111. The number of aldehydes is 2. The molecule has 0 N–H and O–H groups in total. The summed E-state index contributed by atoms with van der Waals surface area (Å²) < 4.78 is 0.660. The molecule has 0 unspecified atom stereocenters. The van der Waals surface area contributed by atoms with E-state index in [0.29, 0.717) is 15.6 Å². The Labute approximate surface area is 97.8 Å². The SMILES string of the molecule is CC(C)(C)c1cc(C=O)c(Br)cc1C=O. The van der Waals surface area contributed by atoms with Gasteiger partial charge in [-0.25, -0.2) is 0 Å². The zero-order valence-electron chi connectivity index (χ0n) is 9.00. The van der Waals surface area contributed by atoms with Crippen molar-refractivity contribution in [3.63, 3.8) is 0 Å². The summed E-state index contributed by atoms with van der Waals surface area (Å²) >= 11 is 3.26. The van der Waals surface area contributed by atoms with Gasteiger partial charge in [-0.2, -0.15) is 0 Å². The van der Waals surface area contributed by atoms with Gasteiger partial charge in [0.25, 0.3) is 0 Å². The summed E-state index contributed by atoms with van der Waals surface area (Å²) in [5.74, 6) is 0. The molecule has 2 nitrogen and oxygen atoms in total. The molecule has 0 aliphatic carbocycles. The zero-order chi connectivity index (χ0) is 11.6. The molecule has 0 amide bonds. The van der Waals surface area contributed by atoms with Crippen LogP contribution in [0.3, 0.4) is 0 Å². The van der Waals surface area contributed by atoms with E-state index in [9.17, 15) is 9.59 Å². The van der Waals surface area contributed by atoms with E-state index < -0.39 is 0 Å². The summed E-state index contributed by atoms with van der Waals surface area (Å²) in [7, 11) is 0. The largest absolute Gasteiger partial charge is 0.298 e. The Morgan fingerprint density at radius 1 is 1.07 bits per heavy atom. The molecule has 0 aliphatic rings. The third-order valence-corrected chi connectivity index (χ3v) is 2.92. The molecule has 0 saturated heterocycles. The quantitative estimate of drug-likeness (QED) is 0.771. The van der Waals surface area contributed by atoms with Crippen molar-refractivity contribution >= 4 is 28.5 Å². The van der Waals surface area contributed by atoms with Crippen molar-refractivity contribution in [1.29, 1.82) is 0 Å². The lowest BCUT2D eigenvalue weighted by Gasteiger charge is -2.21. The number of halogens is 1. The molecule has 80 valence electrons. The van der Waals surface area contributed by atoms with E-state index in [4.69, 9.17) is 0 Å². The summed E-state index contributed by atoms with van der Waals surface area (Å²) in [5, 5.41) is 0. The number of carbonyl (C=O) groups excluding carboxylic acids is 2. The highest BCUT2D eigenvalue weighted by Gasteiger charge is 2.19. The molecule has 3 heteroatoms. The van der Waals surface area contributed by atoms with Gasteiger partial charge < -0.3 is 0 Å². The molecule has 0 aliphatic heterocycles. The maximum absolute atomic E-state index is 10.9. The van der Waals surface area contributed by atoms with Crippen molar-refractivity contribution in [3.8, 4) is 0 Å². The van der Waals surface area contributed by atoms with E-state index >= 15 is 0 Å². The fourth-order valence-electron chi connectivity index (χ4n) is 1.44. The van der Waals surface area contributed by atoms with Crippen LogP contribution in [0.15, 0.2) is 16.6 Å². The van der Waals surface area contributed by atoms with Crippen LogP contribution in [-0.2, 0) is 5.41 Å². The maximum atomic E-state index is 10.9. The number of benzene rings is 1. The number of hydrogen-bond donors (Lipinski definition) is 0. The average Bonchev–Trinajstić information content (AvgIpc) is 2.15. The fourth-order valence-corrected chi connectivity index (χ4v) is 1.90. The van der Waals surface area contributed by atoms with Gasteiger partial charge in [-0.1, -0.05) is 36.7 Å². The summed E-state index contributed by atoms with van der Waals surface area (Å²) in [6.07, 6.45) is 1.60. The van der Waals surface area contributed by atoms with Gasteiger partial charge in [0, 0.05) is 15.6 Å². The summed E-state index contributed by atoms with van der Waals surface area (Å²) in [5.41, 5.74) is 1.95. The van der Waals surface area contributed by atoms with Crippen molar-refractivity contribution < 1.29 is 9.59 Å². The molecule has 0 saturated carbocycles. The molecule has 0 spiro atoms. The molecule has 15 heavy (non-hydrogen) atoms. The maximum Gasteiger partial charge on any atom is 0.151 e. The van der Waals surface area contributed by atoms with Gasteiger partial charge in [-0.15, -0.1) is 0 Å². The van der Waals surface area contributed by atoms with E-state index in [2.05, 4.69) is 15.9 Å². The molecular formula is C12H13BrO2. The first kappa shape index (κ1) is 12.1. The van der Waals surface area contributed by atoms with Gasteiger partial charge in [-0.3, -0.25) is 9.59 Å². The molecule has 0 aromatic heterocycles. The van der Waals surface area contributed by atoms with Gasteiger partial charge in [0.2, 0.25) is 0 Å². The van der Waals surface area contributed by atoms with Crippen LogP contribution in [0.25, 0.3) is 0 Å². The second-order valence-corrected chi connectivity index (χ2v) is 5.30. The Morgan fingerprint density at radius 2 is 1.60 bits per heavy atom. The molecule has 1 aromatic carbocycles. The first-order valence-electron chi connectivity index (χ1n) is 4.64. The Hall–Kier alpha value is -0.960. The predicted octanol–water partition coefficient (Wildman–Crippen LogP) is 3.37. The van der Waals surface area contributed by atoms with Crippen LogP contribution in [0.4, 0.5) is 0 Å². The number of rotatable bonds is 2. The van der Waals surface area contributed by atoms with Crippen molar-refractivity contribution in [2.75, 3.05) is 0 Å². The Balaban J connectivity index is 3.49. The Kier molecular flexibility index (Phi) is 3.45. The van der Waals surface area contributed by atoms with Crippen LogP contribution in [0.5, 0.6) is 0 Å². The minimum atomic E-state index is -0.144. The van der Waals surface area contributed by atoms with Crippen LogP contribution in [0.1, 0.15) is 47.1 Å². The predicted molar refractivity (Wildman–Crippen MR) is 63.6 cm³/mol. The fraction of sp³-hybridized carbons (Fsp3) is 0.333. The van der Waals surface area contributed by atoms with Gasteiger partial charge >= 0.3 is 0 Å². The first-order chi connectivity index (χ1) is 6.90. The third-order valence-electron chi connectivity index (χ3n) is 2.23. The number of carbonyl (C=O) groups is 2. The molecule has 0 heterocycles. The minimum Gasteiger partial charge on any atom is -0.298 e. The zero-order valence-corrected chi connectivity index (χ0v) is 10.6. The Morgan fingerprint density at radius 3 is 2.00 bits per heavy atom. The third kappa shape index (κ3) is 2.53.